The molecule has 1 amide bonds. The summed E-state index contributed by atoms with van der Waals surface area (Å²) in [6.07, 6.45) is -1.62. The number of para-hydroxylation sites is 2. The van der Waals surface area contributed by atoms with Crippen molar-refractivity contribution < 1.29 is 22.4 Å². The van der Waals surface area contributed by atoms with Crippen LogP contribution >= 0.6 is 0 Å². The Hall–Kier alpha value is -3.23. The number of rotatable bonds is 5. The number of nitrogens with zero attached hydrogens (tertiary/aromatic N) is 2. The van der Waals surface area contributed by atoms with Gasteiger partial charge in [-0.2, -0.15) is 13.2 Å². The Morgan fingerprint density at radius 2 is 1.81 bits per heavy atom. The Morgan fingerprint density at radius 1 is 1.06 bits per heavy atom. The third-order valence-corrected chi connectivity index (χ3v) is 5.43. The number of amides is 1. The Morgan fingerprint density at radius 3 is 2.55 bits per heavy atom. The summed E-state index contributed by atoms with van der Waals surface area (Å²) < 4.78 is 46.2. The molecule has 0 atom stereocenters. The van der Waals surface area contributed by atoms with E-state index in [0.29, 0.717) is 16.8 Å². The first-order valence-electron chi connectivity index (χ1n) is 10.2. The summed E-state index contributed by atoms with van der Waals surface area (Å²) in [6, 6.07) is 10.3. The van der Waals surface area contributed by atoms with Crippen LogP contribution in [0.15, 0.2) is 51.7 Å². The lowest BCUT2D eigenvalue weighted by molar-refractivity contribution is -0.137. The summed E-state index contributed by atoms with van der Waals surface area (Å²) in [5, 5.41) is 2.62. The second-order valence-electron chi connectivity index (χ2n) is 7.56. The average Bonchev–Trinajstić information content (AvgIpc) is 3.07. The number of alkyl halides is 3. The highest BCUT2D eigenvalue weighted by Gasteiger charge is 2.32. The molecule has 0 radical (unpaired) electrons. The van der Waals surface area contributed by atoms with Crippen LogP contribution in [0.25, 0.3) is 11.1 Å². The van der Waals surface area contributed by atoms with Crippen LogP contribution in [0.5, 0.6) is 0 Å². The molecule has 0 aliphatic carbocycles. The molecular formula is C22H22F3N3O3. The largest absolute Gasteiger partial charge is 0.419 e. The molecule has 2 heterocycles. The van der Waals surface area contributed by atoms with Gasteiger partial charge in [0.2, 0.25) is 5.91 Å². The molecule has 6 nitrogen and oxygen atoms in total. The maximum Gasteiger partial charge on any atom is 0.419 e. The highest BCUT2D eigenvalue weighted by molar-refractivity contribution is 5.94. The van der Waals surface area contributed by atoms with Crippen LogP contribution in [-0.2, 0) is 17.5 Å². The lowest BCUT2D eigenvalue weighted by Crippen LogP contribution is -2.30. The van der Waals surface area contributed by atoms with E-state index >= 15 is 0 Å². The molecule has 1 aromatic heterocycles. The van der Waals surface area contributed by atoms with E-state index in [2.05, 4.69) is 5.32 Å². The van der Waals surface area contributed by atoms with Crippen molar-refractivity contribution in [3.05, 3.63) is 58.6 Å². The second-order valence-corrected chi connectivity index (χ2v) is 7.56. The van der Waals surface area contributed by atoms with E-state index in [1.807, 2.05) is 4.90 Å². The monoisotopic (exact) mass is 433 g/mol. The number of hydrogen-bond acceptors (Lipinski definition) is 4. The van der Waals surface area contributed by atoms with Gasteiger partial charge in [-0.05, 0) is 49.6 Å². The molecule has 4 rings (SSSR count). The van der Waals surface area contributed by atoms with E-state index < -0.39 is 23.4 Å². The van der Waals surface area contributed by atoms with Gasteiger partial charge in [0.15, 0.2) is 5.58 Å². The summed E-state index contributed by atoms with van der Waals surface area (Å²) in [5.41, 5.74) is 0.866. The van der Waals surface area contributed by atoms with Crippen molar-refractivity contribution in [1.29, 1.82) is 0 Å². The van der Waals surface area contributed by atoms with E-state index in [1.165, 1.54) is 10.6 Å². The van der Waals surface area contributed by atoms with Gasteiger partial charge in [0, 0.05) is 26.1 Å². The number of carbonyl (C=O) groups excluding carboxylic acids is 1. The fraction of sp³-hybridized carbons (Fsp3) is 0.364. The first kappa shape index (κ1) is 21.0. The molecule has 1 N–H and O–H groups in total. The van der Waals surface area contributed by atoms with Crippen molar-refractivity contribution in [1.82, 2.24) is 4.57 Å². The molecule has 9 heteroatoms. The molecule has 2 aromatic carbocycles. The van der Waals surface area contributed by atoms with Crippen molar-refractivity contribution in [2.24, 2.45) is 0 Å². The van der Waals surface area contributed by atoms with Gasteiger partial charge < -0.3 is 14.6 Å². The van der Waals surface area contributed by atoms with Crippen LogP contribution < -0.4 is 16.0 Å². The number of piperidine rings is 1. The van der Waals surface area contributed by atoms with Crippen LogP contribution in [0.3, 0.4) is 0 Å². The number of benzene rings is 2. The molecule has 1 aliphatic rings. The van der Waals surface area contributed by atoms with Gasteiger partial charge in [-0.25, -0.2) is 4.79 Å². The number of carbonyl (C=O) groups is 1. The van der Waals surface area contributed by atoms with Gasteiger partial charge >= 0.3 is 11.9 Å². The molecular weight excluding hydrogens is 411 g/mol. The van der Waals surface area contributed by atoms with Gasteiger partial charge in [0.1, 0.15) is 0 Å². The summed E-state index contributed by atoms with van der Waals surface area (Å²) >= 11 is 0. The number of hydrogen-bond donors (Lipinski definition) is 1. The molecule has 1 aliphatic heterocycles. The second kappa shape index (κ2) is 8.49. The van der Waals surface area contributed by atoms with Gasteiger partial charge in [-0.15, -0.1) is 0 Å². The van der Waals surface area contributed by atoms with Crippen molar-refractivity contribution in [2.45, 2.75) is 38.4 Å². The highest BCUT2D eigenvalue weighted by Crippen LogP contribution is 2.36. The SMILES string of the molecule is O=C(CCn1c(=O)oc2ccccc21)Nc1cc(C(F)(F)F)ccc1N1CCCCC1. The Balaban J connectivity index is 1.54. The van der Waals surface area contributed by atoms with E-state index in [4.69, 9.17) is 4.42 Å². The number of halogens is 3. The number of fused-ring (bicyclic) bond motifs is 1. The molecule has 0 saturated carbocycles. The maximum atomic E-state index is 13.2. The van der Waals surface area contributed by atoms with Crippen LogP contribution in [0.2, 0.25) is 0 Å². The third-order valence-electron chi connectivity index (χ3n) is 5.43. The Labute approximate surface area is 176 Å². The fourth-order valence-corrected chi connectivity index (χ4v) is 3.87. The number of aromatic nitrogens is 1. The summed E-state index contributed by atoms with van der Waals surface area (Å²) in [4.78, 5) is 26.6. The minimum atomic E-state index is -4.51. The molecule has 1 saturated heterocycles. The zero-order chi connectivity index (χ0) is 22.0. The molecule has 0 spiro atoms. The first-order chi connectivity index (χ1) is 14.8. The zero-order valence-corrected chi connectivity index (χ0v) is 16.7. The predicted molar refractivity (Wildman–Crippen MR) is 111 cm³/mol. The maximum absolute atomic E-state index is 13.2. The van der Waals surface area contributed by atoms with E-state index in [-0.39, 0.29) is 18.7 Å². The van der Waals surface area contributed by atoms with Gasteiger partial charge in [0.25, 0.3) is 0 Å². The number of nitrogens with one attached hydrogen (secondary N) is 1. The fourth-order valence-electron chi connectivity index (χ4n) is 3.87. The molecule has 1 fully saturated rings. The van der Waals surface area contributed by atoms with Crippen LogP contribution in [0, 0.1) is 0 Å². The number of aryl methyl sites for hydroxylation is 1. The Kier molecular flexibility index (Phi) is 5.75. The molecule has 0 unspecified atom stereocenters. The molecule has 0 bridgehead atoms. The summed E-state index contributed by atoms with van der Waals surface area (Å²) in [5.74, 6) is -1.06. The van der Waals surface area contributed by atoms with Crippen LogP contribution in [0.4, 0.5) is 24.5 Å². The summed E-state index contributed by atoms with van der Waals surface area (Å²) in [7, 11) is 0. The van der Waals surface area contributed by atoms with Crippen LogP contribution in [0.1, 0.15) is 31.2 Å². The normalized spacial score (nSPS) is 14.7. The van der Waals surface area contributed by atoms with Gasteiger partial charge in [-0.1, -0.05) is 12.1 Å². The standard InChI is InChI=1S/C22H22F3N3O3/c23-22(24,25)15-8-9-17(27-11-4-1-5-12-27)16(14-15)26-20(29)10-13-28-18-6-2-3-7-19(18)31-21(28)30/h2-3,6-9,14H,1,4-5,10-13H2,(H,26,29). The molecule has 164 valence electrons. The molecule has 3 aromatic rings. The van der Waals surface area contributed by atoms with E-state index in [0.717, 1.165) is 44.5 Å². The quantitative estimate of drug-likeness (QED) is 0.637. The average molecular weight is 433 g/mol. The van der Waals surface area contributed by atoms with Crippen molar-refractivity contribution >= 4 is 28.4 Å². The lowest BCUT2D eigenvalue weighted by Gasteiger charge is -2.31. The van der Waals surface area contributed by atoms with Gasteiger partial charge in [-0.3, -0.25) is 9.36 Å². The molecule has 31 heavy (non-hydrogen) atoms. The number of oxazole rings is 1. The van der Waals surface area contributed by atoms with Crippen molar-refractivity contribution in [3.8, 4) is 0 Å². The Bertz CT molecular complexity index is 1140. The van der Waals surface area contributed by atoms with Gasteiger partial charge in [0.05, 0.1) is 22.5 Å². The van der Waals surface area contributed by atoms with Crippen molar-refractivity contribution in [2.75, 3.05) is 23.3 Å². The number of anilines is 2. The van der Waals surface area contributed by atoms with Crippen LogP contribution in [-0.4, -0.2) is 23.6 Å². The summed E-state index contributed by atoms with van der Waals surface area (Å²) in [6.45, 7) is 1.51. The lowest BCUT2D eigenvalue weighted by atomic mass is 10.1. The van der Waals surface area contributed by atoms with E-state index in [1.54, 1.807) is 24.3 Å². The highest BCUT2D eigenvalue weighted by atomic mass is 19.4. The van der Waals surface area contributed by atoms with E-state index in [9.17, 15) is 22.8 Å². The van der Waals surface area contributed by atoms with Crippen molar-refractivity contribution in [3.63, 3.8) is 0 Å². The minimum absolute atomic E-state index is 0.0552. The third kappa shape index (κ3) is 4.60. The topological polar surface area (TPSA) is 67.5 Å². The first-order valence-corrected chi connectivity index (χ1v) is 10.2. The smallest absolute Gasteiger partial charge is 0.408 e. The minimum Gasteiger partial charge on any atom is -0.408 e. The zero-order valence-electron chi connectivity index (χ0n) is 16.7. The predicted octanol–water partition coefficient (Wildman–Crippen LogP) is 4.63.